The standard InChI is InChI=1S/C35H20F2N4/c1-38-28-15-11-23(12-16-28)22-7-9-25(10-8-22)32-21-31(24-5-3-2-4-6-24)39-35(40-32)41-33-17-13-26(36)19-29(33)30-20-27(37)14-18-34(30)41/h2-21H. The van der Waals surface area contributed by atoms with E-state index < -0.39 is 11.6 Å². The fraction of sp³-hybridized carbons (Fsp3) is 0. The maximum atomic E-state index is 14.3. The zero-order chi connectivity index (χ0) is 27.9. The maximum Gasteiger partial charge on any atom is 0.235 e. The van der Waals surface area contributed by atoms with Gasteiger partial charge in [0.15, 0.2) is 5.69 Å². The van der Waals surface area contributed by atoms with E-state index in [1.165, 1.54) is 24.3 Å². The predicted molar refractivity (Wildman–Crippen MR) is 159 cm³/mol. The van der Waals surface area contributed by atoms with Crippen LogP contribution in [0.3, 0.4) is 0 Å². The molecular formula is C35H20F2N4. The van der Waals surface area contributed by atoms with Crippen LogP contribution in [0.5, 0.6) is 0 Å². The highest BCUT2D eigenvalue weighted by atomic mass is 19.1. The van der Waals surface area contributed by atoms with E-state index in [0.29, 0.717) is 39.1 Å². The van der Waals surface area contributed by atoms with Crippen LogP contribution in [0.4, 0.5) is 14.5 Å². The van der Waals surface area contributed by atoms with Gasteiger partial charge in [-0.3, -0.25) is 4.57 Å². The zero-order valence-corrected chi connectivity index (χ0v) is 21.6. The van der Waals surface area contributed by atoms with E-state index in [-0.39, 0.29) is 0 Å². The van der Waals surface area contributed by atoms with Crippen molar-refractivity contribution in [1.82, 2.24) is 14.5 Å². The topological polar surface area (TPSA) is 35.1 Å². The van der Waals surface area contributed by atoms with Gasteiger partial charge in [0.25, 0.3) is 0 Å². The van der Waals surface area contributed by atoms with Gasteiger partial charge in [-0.25, -0.2) is 23.6 Å². The molecule has 41 heavy (non-hydrogen) atoms. The maximum absolute atomic E-state index is 14.3. The van der Waals surface area contributed by atoms with E-state index in [2.05, 4.69) is 4.85 Å². The Labute approximate surface area is 234 Å². The second-order valence-corrected chi connectivity index (χ2v) is 9.70. The summed E-state index contributed by atoms with van der Waals surface area (Å²) in [5.74, 6) is -0.396. The fourth-order valence-electron chi connectivity index (χ4n) is 5.18. The van der Waals surface area contributed by atoms with Gasteiger partial charge in [0.2, 0.25) is 5.95 Å². The lowest BCUT2D eigenvalue weighted by molar-refractivity contribution is 0.628. The molecule has 7 aromatic rings. The Morgan fingerprint density at radius 3 is 1.56 bits per heavy atom. The molecule has 7 rings (SSSR count). The first-order valence-corrected chi connectivity index (χ1v) is 13.0. The quantitative estimate of drug-likeness (QED) is 0.211. The second-order valence-electron chi connectivity index (χ2n) is 9.70. The number of benzene rings is 5. The van der Waals surface area contributed by atoms with Crippen LogP contribution >= 0.6 is 0 Å². The molecule has 0 amide bonds. The van der Waals surface area contributed by atoms with Crippen LogP contribution in [0.25, 0.3) is 66.2 Å². The van der Waals surface area contributed by atoms with Gasteiger partial charge in [0, 0.05) is 21.9 Å². The van der Waals surface area contributed by atoms with Crippen LogP contribution < -0.4 is 0 Å². The minimum absolute atomic E-state index is 0.399. The molecule has 0 aliphatic rings. The van der Waals surface area contributed by atoms with Gasteiger partial charge in [-0.15, -0.1) is 0 Å². The third-order valence-electron chi connectivity index (χ3n) is 7.18. The molecule has 0 saturated carbocycles. The summed E-state index contributed by atoms with van der Waals surface area (Å²) in [6, 6.07) is 36.3. The number of halogens is 2. The van der Waals surface area contributed by atoms with Crippen molar-refractivity contribution in [3.63, 3.8) is 0 Å². The summed E-state index contributed by atoms with van der Waals surface area (Å²) in [5, 5.41) is 1.17. The van der Waals surface area contributed by atoms with Crippen LogP contribution in [0, 0.1) is 18.2 Å². The van der Waals surface area contributed by atoms with Crippen LogP contribution in [0.15, 0.2) is 121 Å². The van der Waals surface area contributed by atoms with Crippen LogP contribution in [-0.2, 0) is 0 Å². The fourth-order valence-corrected chi connectivity index (χ4v) is 5.18. The summed E-state index contributed by atoms with van der Waals surface area (Å²) >= 11 is 0. The van der Waals surface area contributed by atoms with Gasteiger partial charge in [0.05, 0.1) is 29.0 Å². The first-order valence-electron chi connectivity index (χ1n) is 13.0. The van der Waals surface area contributed by atoms with Crippen molar-refractivity contribution < 1.29 is 8.78 Å². The first-order chi connectivity index (χ1) is 20.1. The molecule has 0 aliphatic carbocycles. The molecule has 0 saturated heterocycles. The molecule has 0 N–H and O–H groups in total. The Kier molecular flexibility index (Phi) is 5.84. The molecule has 0 spiro atoms. The van der Waals surface area contributed by atoms with Crippen molar-refractivity contribution in [2.75, 3.05) is 0 Å². The molecular weight excluding hydrogens is 514 g/mol. The lowest BCUT2D eigenvalue weighted by atomic mass is 10.0. The van der Waals surface area contributed by atoms with Crippen molar-refractivity contribution in [2.24, 2.45) is 0 Å². The molecule has 0 unspecified atom stereocenters. The smallest absolute Gasteiger partial charge is 0.235 e. The van der Waals surface area contributed by atoms with E-state index >= 15 is 0 Å². The molecule has 6 heteroatoms. The summed E-state index contributed by atoms with van der Waals surface area (Å²) in [6.07, 6.45) is 0. The summed E-state index contributed by atoms with van der Waals surface area (Å²) in [6.45, 7) is 7.18. The average Bonchev–Trinajstić information content (AvgIpc) is 3.34. The van der Waals surface area contributed by atoms with Crippen molar-refractivity contribution >= 4 is 27.5 Å². The molecule has 194 valence electrons. The zero-order valence-electron chi connectivity index (χ0n) is 21.6. The van der Waals surface area contributed by atoms with E-state index in [1.54, 1.807) is 12.1 Å². The molecule has 4 nitrogen and oxygen atoms in total. The molecule has 0 aliphatic heterocycles. The highest BCUT2D eigenvalue weighted by Gasteiger charge is 2.18. The highest BCUT2D eigenvalue weighted by Crippen LogP contribution is 2.34. The predicted octanol–water partition coefficient (Wildman–Crippen LogP) is 9.40. The average molecular weight is 535 g/mol. The summed E-state index contributed by atoms with van der Waals surface area (Å²) in [5.41, 5.74) is 7.26. The van der Waals surface area contributed by atoms with Gasteiger partial charge in [-0.05, 0) is 53.6 Å². The molecule has 2 heterocycles. The highest BCUT2D eigenvalue weighted by molar-refractivity contribution is 6.09. The molecule has 0 fully saturated rings. The Morgan fingerprint density at radius 1 is 0.537 bits per heavy atom. The van der Waals surface area contributed by atoms with Gasteiger partial charge in [-0.1, -0.05) is 78.9 Å². The van der Waals surface area contributed by atoms with Crippen molar-refractivity contribution in [1.29, 1.82) is 0 Å². The normalized spacial score (nSPS) is 11.1. The van der Waals surface area contributed by atoms with Crippen LogP contribution in [0.2, 0.25) is 0 Å². The third-order valence-corrected chi connectivity index (χ3v) is 7.18. The Balaban J connectivity index is 1.42. The van der Waals surface area contributed by atoms with E-state index in [4.69, 9.17) is 16.5 Å². The number of aromatic nitrogens is 3. The molecule has 2 aromatic heterocycles. The van der Waals surface area contributed by atoms with Gasteiger partial charge < -0.3 is 0 Å². The number of hydrogen-bond donors (Lipinski definition) is 0. The number of nitrogens with zero attached hydrogens (tertiary/aromatic N) is 4. The summed E-state index contributed by atoms with van der Waals surface area (Å²) in [7, 11) is 0. The molecule has 0 radical (unpaired) electrons. The lowest BCUT2D eigenvalue weighted by Crippen LogP contribution is -2.04. The van der Waals surface area contributed by atoms with Crippen molar-refractivity contribution in [3.8, 4) is 39.6 Å². The lowest BCUT2D eigenvalue weighted by Gasteiger charge is -2.12. The second kappa shape index (κ2) is 9.82. The SMILES string of the molecule is [C-]#[N+]c1ccc(-c2ccc(-c3cc(-c4ccccc4)nc(-n4c5ccc(F)cc5c5cc(F)ccc54)n3)cc2)cc1. The monoisotopic (exact) mass is 534 g/mol. The largest absolute Gasteiger partial charge is 0.278 e. The minimum Gasteiger partial charge on any atom is -0.278 e. The number of rotatable bonds is 4. The van der Waals surface area contributed by atoms with Gasteiger partial charge in [-0.2, -0.15) is 0 Å². The molecule has 0 atom stereocenters. The first kappa shape index (κ1) is 24.4. The summed E-state index contributed by atoms with van der Waals surface area (Å²) in [4.78, 5) is 13.4. The van der Waals surface area contributed by atoms with Crippen LogP contribution in [0.1, 0.15) is 0 Å². The minimum atomic E-state index is -0.399. The number of hydrogen-bond acceptors (Lipinski definition) is 2. The van der Waals surface area contributed by atoms with Crippen molar-refractivity contribution in [2.45, 2.75) is 0 Å². The molecule has 0 bridgehead atoms. The van der Waals surface area contributed by atoms with E-state index in [9.17, 15) is 8.78 Å². The van der Waals surface area contributed by atoms with E-state index in [1.807, 2.05) is 89.5 Å². The summed E-state index contributed by atoms with van der Waals surface area (Å²) < 4.78 is 30.4. The Morgan fingerprint density at radius 2 is 1.02 bits per heavy atom. The van der Waals surface area contributed by atoms with Gasteiger partial charge >= 0.3 is 0 Å². The van der Waals surface area contributed by atoms with Crippen molar-refractivity contribution in [3.05, 3.63) is 144 Å². The third kappa shape index (κ3) is 4.40. The van der Waals surface area contributed by atoms with E-state index in [0.717, 1.165) is 27.9 Å². The van der Waals surface area contributed by atoms with Crippen LogP contribution in [-0.4, -0.2) is 14.5 Å². The Hall–Kier alpha value is -5.67. The Bertz CT molecular complexity index is 2050. The van der Waals surface area contributed by atoms with Gasteiger partial charge in [0.1, 0.15) is 11.6 Å². The molecule has 5 aromatic carbocycles. The number of fused-ring (bicyclic) bond motifs is 3.